The zero-order valence-corrected chi connectivity index (χ0v) is 12.5. The first-order valence-corrected chi connectivity index (χ1v) is 7.61. The van der Waals surface area contributed by atoms with Crippen LogP contribution in [0.3, 0.4) is 0 Å². The van der Waals surface area contributed by atoms with Gasteiger partial charge in [-0.05, 0) is 44.2 Å². The number of nitrogens with one attached hydrogen (secondary N) is 1. The van der Waals surface area contributed by atoms with Crippen LogP contribution in [0, 0.1) is 13.8 Å². The minimum absolute atomic E-state index is 0.932. The van der Waals surface area contributed by atoms with Crippen molar-refractivity contribution >= 4 is 27.2 Å². The fraction of sp³-hybridized carbons (Fsp3) is 0.333. The van der Waals surface area contributed by atoms with E-state index < -0.39 is 0 Å². The lowest BCUT2D eigenvalue weighted by Gasteiger charge is -2.07. The van der Waals surface area contributed by atoms with Crippen molar-refractivity contribution in [3.8, 4) is 0 Å². The molecule has 0 atom stereocenters. The highest BCUT2D eigenvalue weighted by Crippen LogP contribution is 2.26. The highest BCUT2D eigenvalue weighted by molar-refractivity contribution is 7.17. The van der Waals surface area contributed by atoms with Crippen LogP contribution in [0.5, 0.6) is 0 Å². The van der Waals surface area contributed by atoms with Gasteiger partial charge in [-0.25, -0.2) is 0 Å². The molecule has 1 N–H and O–H groups in total. The summed E-state index contributed by atoms with van der Waals surface area (Å²) in [4.78, 5) is 4.34. The summed E-state index contributed by atoms with van der Waals surface area (Å²) in [5.74, 6) is 0.937. The van der Waals surface area contributed by atoms with Gasteiger partial charge in [0, 0.05) is 18.3 Å². The van der Waals surface area contributed by atoms with Crippen LogP contribution in [0.25, 0.3) is 10.2 Å². The maximum atomic E-state index is 5.18. The van der Waals surface area contributed by atoms with E-state index in [-0.39, 0.29) is 0 Å². The van der Waals surface area contributed by atoms with Crippen LogP contribution in [0.15, 0.2) is 28.2 Å². The van der Waals surface area contributed by atoms with E-state index in [2.05, 4.69) is 26.9 Å². The molecule has 3 rings (SSSR count). The second-order valence-electron chi connectivity index (χ2n) is 4.83. The second-order valence-corrected chi connectivity index (χ2v) is 5.74. The Balaban J connectivity index is 1.59. The van der Waals surface area contributed by atoms with Crippen molar-refractivity contribution in [1.82, 2.24) is 10.1 Å². The second kappa shape index (κ2) is 5.63. The summed E-state index contributed by atoms with van der Waals surface area (Å²) in [5.41, 5.74) is 4.48. The lowest BCUT2D eigenvalue weighted by molar-refractivity contribution is 0.392. The quantitative estimate of drug-likeness (QED) is 0.722. The van der Waals surface area contributed by atoms with E-state index in [0.29, 0.717) is 0 Å². The van der Waals surface area contributed by atoms with Crippen molar-refractivity contribution in [3.63, 3.8) is 0 Å². The lowest BCUT2D eigenvalue weighted by atomic mass is 10.1. The van der Waals surface area contributed by atoms with Crippen LogP contribution in [0.2, 0.25) is 0 Å². The summed E-state index contributed by atoms with van der Waals surface area (Å²) in [6, 6.07) is 4.09. The molecule has 0 saturated carbocycles. The standard InChI is InChI=1S/C15H17N3OS/c1-10-12(11(2)19-18-10)4-3-7-16-13-5-8-17-14-6-9-20-15(13)14/h5-6,8-9H,3-4,7H2,1-2H3,(H,16,17). The Morgan fingerprint density at radius 3 is 3.00 bits per heavy atom. The Bertz CT molecular complexity index is 697. The third kappa shape index (κ3) is 2.54. The number of anilines is 1. The fourth-order valence-electron chi connectivity index (χ4n) is 2.36. The number of hydrogen-bond donors (Lipinski definition) is 1. The van der Waals surface area contributed by atoms with Gasteiger partial charge in [-0.15, -0.1) is 11.3 Å². The highest BCUT2D eigenvalue weighted by Gasteiger charge is 2.08. The van der Waals surface area contributed by atoms with Gasteiger partial charge in [0.15, 0.2) is 0 Å². The average Bonchev–Trinajstić information content (AvgIpc) is 3.04. The highest BCUT2D eigenvalue weighted by atomic mass is 32.1. The third-order valence-corrected chi connectivity index (χ3v) is 4.38. The Kier molecular flexibility index (Phi) is 3.69. The van der Waals surface area contributed by atoms with E-state index in [1.807, 2.05) is 26.1 Å². The molecule has 0 aliphatic rings. The van der Waals surface area contributed by atoms with E-state index in [4.69, 9.17) is 4.52 Å². The van der Waals surface area contributed by atoms with Gasteiger partial charge < -0.3 is 9.84 Å². The van der Waals surface area contributed by atoms with E-state index in [1.165, 1.54) is 16.0 Å². The molecule has 0 fully saturated rings. The number of hydrogen-bond acceptors (Lipinski definition) is 5. The van der Waals surface area contributed by atoms with Crippen LogP contribution >= 0.6 is 11.3 Å². The first kappa shape index (κ1) is 13.1. The van der Waals surface area contributed by atoms with E-state index in [1.54, 1.807) is 11.3 Å². The van der Waals surface area contributed by atoms with Crippen molar-refractivity contribution < 1.29 is 4.52 Å². The molecule has 0 radical (unpaired) electrons. The minimum Gasteiger partial charge on any atom is -0.384 e. The lowest BCUT2D eigenvalue weighted by Crippen LogP contribution is -2.03. The molecule has 3 aromatic heterocycles. The minimum atomic E-state index is 0.932. The molecule has 0 bridgehead atoms. The zero-order valence-electron chi connectivity index (χ0n) is 11.6. The van der Waals surface area contributed by atoms with Gasteiger partial charge >= 0.3 is 0 Å². The molecule has 0 aromatic carbocycles. The van der Waals surface area contributed by atoms with Crippen LogP contribution in [-0.2, 0) is 6.42 Å². The Morgan fingerprint density at radius 1 is 1.30 bits per heavy atom. The first-order valence-electron chi connectivity index (χ1n) is 6.73. The number of rotatable bonds is 5. The molecular formula is C15H17N3OS. The van der Waals surface area contributed by atoms with E-state index in [0.717, 1.165) is 36.4 Å². The summed E-state index contributed by atoms with van der Waals surface area (Å²) < 4.78 is 6.41. The molecule has 3 heterocycles. The number of aromatic nitrogens is 2. The molecule has 0 spiro atoms. The molecule has 3 aromatic rings. The van der Waals surface area contributed by atoms with Gasteiger partial charge in [0.25, 0.3) is 0 Å². The molecule has 0 saturated heterocycles. The Labute approximate surface area is 121 Å². The molecular weight excluding hydrogens is 270 g/mol. The molecule has 0 aliphatic carbocycles. The maximum Gasteiger partial charge on any atom is 0.137 e. The molecule has 0 aliphatic heterocycles. The first-order chi connectivity index (χ1) is 9.75. The number of pyridine rings is 1. The monoisotopic (exact) mass is 287 g/mol. The van der Waals surface area contributed by atoms with Crippen molar-refractivity contribution in [1.29, 1.82) is 0 Å². The molecule has 20 heavy (non-hydrogen) atoms. The molecule has 5 heteroatoms. The van der Waals surface area contributed by atoms with Crippen molar-refractivity contribution in [2.24, 2.45) is 0 Å². The molecule has 0 amide bonds. The third-order valence-electron chi connectivity index (χ3n) is 3.44. The van der Waals surface area contributed by atoms with Crippen LogP contribution < -0.4 is 5.32 Å². The molecule has 104 valence electrons. The summed E-state index contributed by atoms with van der Waals surface area (Å²) in [6.45, 7) is 4.90. The van der Waals surface area contributed by atoms with Gasteiger partial charge in [0.1, 0.15) is 5.76 Å². The van der Waals surface area contributed by atoms with Gasteiger partial charge in [0.2, 0.25) is 0 Å². The maximum absolute atomic E-state index is 5.18. The topological polar surface area (TPSA) is 51.0 Å². The van der Waals surface area contributed by atoms with Crippen LogP contribution in [-0.4, -0.2) is 16.7 Å². The predicted octanol–water partition coefficient (Wildman–Crippen LogP) is 3.95. The normalized spacial score (nSPS) is 11.1. The molecule has 0 unspecified atom stereocenters. The van der Waals surface area contributed by atoms with Crippen LogP contribution in [0.4, 0.5) is 5.69 Å². The Hall–Kier alpha value is -1.88. The van der Waals surface area contributed by atoms with Crippen molar-refractivity contribution in [2.45, 2.75) is 26.7 Å². The van der Waals surface area contributed by atoms with Crippen molar-refractivity contribution in [2.75, 3.05) is 11.9 Å². The summed E-state index contributed by atoms with van der Waals surface area (Å²) in [6.07, 6.45) is 3.90. The summed E-state index contributed by atoms with van der Waals surface area (Å²) in [5, 5.41) is 9.56. The largest absolute Gasteiger partial charge is 0.384 e. The SMILES string of the molecule is Cc1noc(C)c1CCCNc1ccnc2ccsc12. The van der Waals surface area contributed by atoms with Gasteiger partial charge in [-0.1, -0.05) is 5.16 Å². The summed E-state index contributed by atoms with van der Waals surface area (Å²) >= 11 is 1.72. The summed E-state index contributed by atoms with van der Waals surface area (Å²) in [7, 11) is 0. The fourth-order valence-corrected chi connectivity index (χ4v) is 3.20. The van der Waals surface area contributed by atoms with Gasteiger partial charge in [-0.3, -0.25) is 4.98 Å². The van der Waals surface area contributed by atoms with E-state index in [9.17, 15) is 0 Å². The van der Waals surface area contributed by atoms with Gasteiger partial charge in [0.05, 0.1) is 21.6 Å². The number of nitrogens with zero attached hydrogens (tertiary/aromatic N) is 2. The van der Waals surface area contributed by atoms with Gasteiger partial charge in [-0.2, -0.15) is 0 Å². The smallest absolute Gasteiger partial charge is 0.137 e. The number of aryl methyl sites for hydroxylation is 2. The zero-order chi connectivity index (χ0) is 13.9. The molecule has 4 nitrogen and oxygen atoms in total. The Morgan fingerprint density at radius 2 is 2.20 bits per heavy atom. The number of thiophene rings is 1. The van der Waals surface area contributed by atoms with Crippen LogP contribution in [0.1, 0.15) is 23.4 Å². The van der Waals surface area contributed by atoms with Crippen molar-refractivity contribution in [3.05, 3.63) is 40.7 Å². The number of fused-ring (bicyclic) bond motifs is 1. The predicted molar refractivity (Wildman–Crippen MR) is 82.4 cm³/mol. The van der Waals surface area contributed by atoms with E-state index >= 15 is 0 Å². The average molecular weight is 287 g/mol.